The SMILES string of the molecule is COc1cccc(NC(=O)c2ccc(CN3C(=O)c4ccccc4C3=O)cc2)c1. The van der Waals surface area contributed by atoms with Crippen LogP contribution >= 0.6 is 0 Å². The van der Waals surface area contributed by atoms with Crippen molar-refractivity contribution in [3.05, 3.63) is 95.1 Å². The minimum Gasteiger partial charge on any atom is -0.497 e. The van der Waals surface area contributed by atoms with Crippen LogP contribution in [-0.2, 0) is 6.54 Å². The number of hydrogen-bond donors (Lipinski definition) is 1. The number of hydrogen-bond acceptors (Lipinski definition) is 4. The van der Waals surface area contributed by atoms with E-state index in [1.165, 1.54) is 4.90 Å². The molecule has 0 fully saturated rings. The average molecular weight is 386 g/mol. The monoisotopic (exact) mass is 386 g/mol. The molecule has 1 heterocycles. The van der Waals surface area contributed by atoms with E-state index in [1.54, 1.807) is 79.9 Å². The van der Waals surface area contributed by atoms with E-state index in [-0.39, 0.29) is 24.3 Å². The molecule has 6 nitrogen and oxygen atoms in total. The quantitative estimate of drug-likeness (QED) is 0.678. The topological polar surface area (TPSA) is 75.7 Å². The minimum absolute atomic E-state index is 0.157. The number of benzene rings is 3. The van der Waals surface area contributed by atoms with E-state index in [2.05, 4.69) is 5.32 Å². The van der Waals surface area contributed by atoms with Crippen molar-refractivity contribution in [2.45, 2.75) is 6.54 Å². The van der Waals surface area contributed by atoms with Gasteiger partial charge in [-0.05, 0) is 42.0 Å². The molecule has 1 N–H and O–H groups in total. The van der Waals surface area contributed by atoms with Gasteiger partial charge in [-0.25, -0.2) is 0 Å². The molecule has 1 aliphatic rings. The number of nitrogens with one attached hydrogen (secondary N) is 1. The maximum atomic E-state index is 12.5. The molecule has 3 aromatic rings. The van der Waals surface area contributed by atoms with Gasteiger partial charge >= 0.3 is 0 Å². The van der Waals surface area contributed by atoms with Crippen molar-refractivity contribution in [3.63, 3.8) is 0 Å². The molecule has 0 spiro atoms. The normalized spacial score (nSPS) is 12.7. The van der Waals surface area contributed by atoms with Crippen molar-refractivity contribution in [1.29, 1.82) is 0 Å². The number of methoxy groups -OCH3 is 1. The molecule has 0 aliphatic carbocycles. The van der Waals surface area contributed by atoms with E-state index in [1.807, 2.05) is 0 Å². The third-order valence-corrected chi connectivity index (χ3v) is 4.76. The lowest BCUT2D eigenvalue weighted by atomic mass is 10.1. The van der Waals surface area contributed by atoms with E-state index in [9.17, 15) is 14.4 Å². The fourth-order valence-electron chi connectivity index (χ4n) is 3.23. The van der Waals surface area contributed by atoms with Crippen molar-refractivity contribution >= 4 is 23.4 Å². The summed E-state index contributed by atoms with van der Waals surface area (Å²) < 4.78 is 5.15. The lowest BCUT2D eigenvalue weighted by molar-refractivity contribution is 0.0642. The molecule has 144 valence electrons. The Balaban J connectivity index is 1.45. The van der Waals surface area contributed by atoms with Gasteiger partial charge in [0, 0.05) is 17.3 Å². The highest BCUT2D eigenvalue weighted by molar-refractivity contribution is 6.21. The molecular formula is C23H18N2O4. The van der Waals surface area contributed by atoms with Crippen molar-refractivity contribution in [3.8, 4) is 5.75 Å². The smallest absolute Gasteiger partial charge is 0.261 e. The van der Waals surface area contributed by atoms with Gasteiger partial charge in [0.25, 0.3) is 17.7 Å². The number of rotatable bonds is 5. The van der Waals surface area contributed by atoms with Crippen LogP contribution in [-0.4, -0.2) is 29.7 Å². The second-order valence-corrected chi connectivity index (χ2v) is 6.63. The molecule has 6 heteroatoms. The van der Waals surface area contributed by atoms with Crippen LogP contribution in [0.1, 0.15) is 36.6 Å². The Kier molecular flexibility index (Phi) is 4.83. The van der Waals surface area contributed by atoms with Gasteiger partial charge in [-0.15, -0.1) is 0 Å². The third-order valence-electron chi connectivity index (χ3n) is 4.76. The van der Waals surface area contributed by atoms with E-state index in [4.69, 9.17) is 4.74 Å². The summed E-state index contributed by atoms with van der Waals surface area (Å²) in [5.74, 6) is -0.208. The Bertz CT molecular complexity index is 1070. The van der Waals surface area contributed by atoms with Crippen molar-refractivity contribution in [2.75, 3.05) is 12.4 Å². The number of amides is 3. The molecule has 0 aromatic heterocycles. The first-order valence-electron chi connectivity index (χ1n) is 9.06. The fraction of sp³-hybridized carbons (Fsp3) is 0.0870. The maximum Gasteiger partial charge on any atom is 0.261 e. The van der Waals surface area contributed by atoms with Crippen molar-refractivity contribution in [1.82, 2.24) is 4.90 Å². The highest BCUT2D eigenvalue weighted by Crippen LogP contribution is 2.24. The number of fused-ring (bicyclic) bond motifs is 1. The number of carbonyl (C=O) groups is 3. The lowest BCUT2D eigenvalue weighted by Crippen LogP contribution is -2.29. The van der Waals surface area contributed by atoms with Crippen LogP contribution < -0.4 is 10.1 Å². The first-order valence-corrected chi connectivity index (χ1v) is 9.06. The summed E-state index contributed by atoms with van der Waals surface area (Å²) in [6, 6.07) is 20.7. The van der Waals surface area contributed by atoms with Gasteiger partial charge in [0.05, 0.1) is 24.8 Å². The van der Waals surface area contributed by atoms with Gasteiger partial charge in [0.1, 0.15) is 5.75 Å². The Hall–Kier alpha value is -3.93. The molecule has 1 aliphatic heterocycles. The van der Waals surface area contributed by atoms with Gasteiger partial charge in [0.15, 0.2) is 0 Å². The van der Waals surface area contributed by atoms with Gasteiger partial charge in [-0.2, -0.15) is 0 Å². The Morgan fingerprint density at radius 1 is 0.897 bits per heavy atom. The standard InChI is InChI=1S/C23H18N2O4/c1-29-18-6-4-5-17(13-18)24-21(26)16-11-9-15(10-12-16)14-25-22(27)19-7-2-3-8-20(19)23(25)28/h2-13H,14H2,1H3,(H,24,26). The molecule has 4 rings (SSSR count). The van der Waals surface area contributed by atoms with Crippen LogP contribution in [0.4, 0.5) is 5.69 Å². The Labute approximate surface area is 167 Å². The van der Waals surface area contributed by atoms with Crippen molar-refractivity contribution in [2.24, 2.45) is 0 Å². The van der Waals surface area contributed by atoms with Crippen LogP contribution in [0.15, 0.2) is 72.8 Å². The zero-order valence-electron chi connectivity index (χ0n) is 15.7. The first kappa shape index (κ1) is 18.4. The van der Waals surface area contributed by atoms with Gasteiger partial charge in [-0.3, -0.25) is 19.3 Å². The second-order valence-electron chi connectivity index (χ2n) is 6.63. The number of ether oxygens (including phenoxy) is 1. The first-order chi connectivity index (χ1) is 14.1. The number of nitrogens with zero attached hydrogens (tertiary/aromatic N) is 1. The summed E-state index contributed by atoms with van der Waals surface area (Å²) in [5, 5.41) is 2.81. The van der Waals surface area contributed by atoms with Crippen LogP contribution in [0.5, 0.6) is 5.75 Å². The molecular weight excluding hydrogens is 368 g/mol. The Morgan fingerprint density at radius 3 is 2.17 bits per heavy atom. The predicted molar refractivity (Wildman–Crippen MR) is 108 cm³/mol. The van der Waals surface area contributed by atoms with E-state index in [0.717, 1.165) is 5.56 Å². The highest BCUT2D eigenvalue weighted by atomic mass is 16.5. The fourth-order valence-corrected chi connectivity index (χ4v) is 3.23. The van der Waals surface area contributed by atoms with E-state index >= 15 is 0 Å². The number of anilines is 1. The third kappa shape index (κ3) is 3.60. The predicted octanol–water partition coefficient (Wildman–Crippen LogP) is 3.74. The summed E-state index contributed by atoms with van der Waals surface area (Å²) in [7, 11) is 1.56. The Morgan fingerprint density at radius 2 is 1.55 bits per heavy atom. The molecule has 0 radical (unpaired) electrons. The summed E-state index contributed by atoms with van der Waals surface area (Å²) in [6.07, 6.45) is 0. The maximum absolute atomic E-state index is 12.5. The summed E-state index contributed by atoms with van der Waals surface area (Å²) in [4.78, 5) is 38.6. The van der Waals surface area contributed by atoms with Crippen LogP contribution in [0.25, 0.3) is 0 Å². The largest absolute Gasteiger partial charge is 0.497 e. The van der Waals surface area contributed by atoms with Gasteiger partial charge in [0.2, 0.25) is 0 Å². The molecule has 0 bridgehead atoms. The summed E-state index contributed by atoms with van der Waals surface area (Å²) in [5.41, 5.74) is 2.71. The van der Waals surface area contributed by atoms with Crippen LogP contribution in [0, 0.1) is 0 Å². The van der Waals surface area contributed by atoms with Crippen molar-refractivity contribution < 1.29 is 19.1 Å². The van der Waals surface area contributed by atoms with Crippen LogP contribution in [0.3, 0.4) is 0 Å². The summed E-state index contributed by atoms with van der Waals surface area (Å²) in [6.45, 7) is 0.157. The molecule has 3 aromatic carbocycles. The zero-order valence-corrected chi connectivity index (χ0v) is 15.7. The molecule has 0 saturated heterocycles. The zero-order chi connectivity index (χ0) is 20.4. The number of carbonyl (C=O) groups excluding carboxylic acids is 3. The summed E-state index contributed by atoms with van der Waals surface area (Å²) >= 11 is 0. The molecule has 3 amide bonds. The molecule has 29 heavy (non-hydrogen) atoms. The molecule has 0 saturated carbocycles. The molecule has 0 atom stereocenters. The second kappa shape index (κ2) is 7.59. The highest BCUT2D eigenvalue weighted by Gasteiger charge is 2.34. The number of imide groups is 1. The van der Waals surface area contributed by atoms with Gasteiger partial charge in [-0.1, -0.05) is 30.3 Å². The lowest BCUT2D eigenvalue weighted by Gasteiger charge is -2.14. The van der Waals surface area contributed by atoms with E-state index in [0.29, 0.717) is 28.1 Å². The average Bonchev–Trinajstić information content (AvgIpc) is 2.99. The minimum atomic E-state index is -0.301. The van der Waals surface area contributed by atoms with E-state index < -0.39 is 0 Å². The van der Waals surface area contributed by atoms with Crippen LogP contribution in [0.2, 0.25) is 0 Å². The van der Waals surface area contributed by atoms with Gasteiger partial charge < -0.3 is 10.1 Å². The molecule has 0 unspecified atom stereocenters.